The molecule has 1 aliphatic carbocycles. The van der Waals surface area contributed by atoms with Crippen molar-refractivity contribution in [3.63, 3.8) is 0 Å². The van der Waals surface area contributed by atoms with Gasteiger partial charge in [-0.2, -0.15) is 0 Å². The van der Waals surface area contributed by atoms with E-state index in [-0.39, 0.29) is 30.2 Å². The molecule has 154 valence electrons. The summed E-state index contributed by atoms with van der Waals surface area (Å²) in [4.78, 5) is 38.2. The molecule has 2 saturated heterocycles. The smallest absolute Gasteiger partial charge is 0.255 e. The van der Waals surface area contributed by atoms with Crippen molar-refractivity contribution in [1.29, 1.82) is 0 Å². The van der Waals surface area contributed by atoms with Crippen molar-refractivity contribution in [2.45, 2.75) is 63.0 Å². The van der Waals surface area contributed by atoms with Gasteiger partial charge in [-0.1, -0.05) is 12.1 Å². The number of fused-ring (bicyclic) bond motifs is 2. The van der Waals surface area contributed by atoms with Crippen LogP contribution in [0.1, 0.15) is 47.2 Å². The normalized spacial score (nSPS) is 31.6. The second-order valence-corrected chi connectivity index (χ2v) is 8.36. The number of hydrogen-bond acceptors (Lipinski definition) is 6. The molecule has 3 fully saturated rings. The van der Waals surface area contributed by atoms with Gasteiger partial charge in [-0.15, -0.1) is 0 Å². The van der Waals surface area contributed by atoms with Crippen molar-refractivity contribution in [2.75, 3.05) is 13.2 Å². The molecule has 1 saturated carbocycles. The van der Waals surface area contributed by atoms with E-state index in [0.29, 0.717) is 37.2 Å². The fraction of sp³-hybridized carbons (Fsp3) is 0.571. The van der Waals surface area contributed by atoms with E-state index < -0.39 is 6.04 Å². The number of ether oxygens (including phenoxy) is 1. The quantitative estimate of drug-likeness (QED) is 0.620. The summed E-state index contributed by atoms with van der Waals surface area (Å²) in [7, 11) is 0. The Labute approximate surface area is 169 Å². The van der Waals surface area contributed by atoms with E-state index in [9.17, 15) is 14.4 Å². The minimum absolute atomic E-state index is 0.124. The molecule has 5 rings (SSSR count). The molecule has 0 bridgehead atoms. The third-order valence-electron chi connectivity index (χ3n) is 6.60. The van der Waals surface area contributed by atoms with Gasteiger partial charge in [0, 0.05) is 43.7 Å². The number of rotatable bonds is 4. The summed E-state index contributed by atoms with van der Waals surface area (Å²) >= 11 is 0. The molecular weight excluding hydrogens is 372 g/mol. The maximum absolute atomic E-state index is 12.9. The number of carbonyl (C=O) groups is 3. The van der Waals surface area contributed by atoms with E-state index in [1.165, 1.54) is 0 Å². The zero-order valence-corrected chi connectivity index (χ0v) is 16.3. The van der Waals surface area contributed by atoms with Gasteiger partial charge in [0.25, 0.3) is 5.91 Å². The van der Waals surface area contributed by atoms with Crippen LogP contribution in [0, 0.1) is 0 Å². The third-order valence-corrected chi connectivity index (χ3v) is 6.60. The Morgan fingerprint density at radius 2 is 2.10 bits per heavy atom. The first-order chi connectivity index (χ1) is 14.1. The molecule has 0 spiro atoms. The van der Waals surface area contributed by atoms with E-state index >= 15 is 0 Å². The first-order valence-corrected chi connectivity index (χ1v) is 10.4. The number of nitrogens with one attached hydrogen (secondary N) is 3. The minimum Gasteiger partial charge on any atom is -0.375 e. The van der Waals surface area contributed by atoms with E-state index in [4.69, 9.17) is 4.74 Å². The standard InChI is InChI=1S/C21H26N4O4/c26-19-5-4-17(20(27)24-19)25-11-15-12(2-1-3-14(15)21(25)28)10-23-13-8-16-18(9-13)29-7-6-22-16/h1-3,13,16-18,22-23H,4-11H2,(H,24,26,27). The summed E-state index contributed by atoms with van der Waals surface area (Å²) in [5.74, 6) is -0.764. The van der Waals surface area contributed by atoms with Crippen LogP contribution in [0.5, 0.6) is 0 Å². The average molecular weight is 398 g/mol. The van der Waals surface area contributed by atoms with E-state index in [0.717, 1.165) is 37.1 Å². The van der Waals surface area contributed by atoms with Gasteiger partial charge in [0.2, 0.25) is 11.8 Å². The van der Waals surface area contributed by atoms with Crippen LogP contribution in [0.15, 0.2) is 18.2 Å². The van der Waals surface area contributed by atoms with Gasteiger partial charge < -0.3 is 20.3 Å². The van der Waals surface area contributed by atoms with Crippen molar-refractivity contribution in [3.8, 4) is 0 Å². The summed E-state index contributed by atoms with van der Waals surface area (Å²) in [6, 6.07) is 6.01. The maximum atomic E-state index is 12.9. The highest BCUT2D eigenvalue weighted by Gasteiger charge is 2.40. The van der Waals surface area contributed by atoms with Gasteiger partial charge in [-0.25, -0.2) is 0 Å². The lowest BCUT2D eigenvalue weighted by molar-refractivity contribution is -0.136. The summed E-state index contributed by atoms with van der Waals surface area (Å²) in [6.07, 6.45) is 2.97. The van der Waals surface area contributed by atoms with Crippen molar-refractivity contribution in [3.05, 3.63) is 34.9 Å². The third kappa shape index (κ3) is 3.45. The molecule has 29 heavy (non-hydrogen) atoms. The first kappa shape index (κ1) is 18.7. The Hall–Kier alpha value is -2.29. The van der Waals surface area contributed by atoms with Gasteiger partial charge in [0.1, 0.15) is 6.04 Å². The zero-order valence-electron chi connectivity index (χ0n) is 16.3. The molecule has 4 aliphatic rings. The molecule has 3 aliphatic heterocycles. The number of nitrogens with zero attached hydrogens (tertiary/aromatic N) is 1. The van der Waals surface area contributed by atoms with Gasteiger partial charge in [-0.05, 0) is 36.5 Å². The number of morpholine rings is 1. The Morgan fingerprint density at radius 3 is 2.93 bits per heavy atom. The number of piperidine rings is 1. The predicted molar refractivity (Wildman–Crippen MR) is 104 cm³/mol. The largest absolute Gasteiger partial charge is 0.375 e. The minimum atomic E-state index is -0.574. The fourth-order valence-corrected chi connectivity index (χ4v) is 5.09. The number of benzene rings is 1. The molecule has 8 heteroatoms. The van der Waals surface area contributed by atoms with E-state index in [2.05, 4.69) is 16.0 Å². The summed E-state index contributed by atoms with van der Waals surface area (Å²) in [5.41, 5.74) is 2.74. The second-order valence-electron chi connectivity index (χ2n) is 8.36. The summed E-state index contributed by atoms with van der Waals surface area (Å²) in [5, 5.41) is 9.51. The second kappa shape index (κ2) is 7.51. The maximum Gasteiger partial charge on any atom is 0.255 e. The Morgan fingerprint density at radius 1 is 1.21 bits per heavy atom. The van der Waals surface area contributed by atoms with Gasteiger partial charge in [0.15, 0.2) is 0 Å². The van der Waals surface area contributed by atoms with Crippen LogP contribution in [0.25, 0.3) is 0 Å². The number of amides is 3. The van der Waals surface area contributed by atoms with Crippen LogP contribution >= 0.6 is 0 Å². The average Bonchev–Trinajstić information content (AvgIpc) is 3.28. The molecule has 8 nitrogen and oxygen atoms in total. The van der Waals surface area contributed by atoms with Gasteiger partial charge in [0.05, 0.1) is 12.7 Å². The predicted octanol–water partition coefficient (Wildman–Crippen LogP) is 0.0566. The lowest BCUT2D eigenvalue weighted by atomic mass is 10.0. The number of hydrogen-bond donors (Lipinski definition) is 3. The number of imide groups is 1. The van der Waals surface area contributed by atoms with Crippen molar-refractivity contribution < 1.29 is 19.1 Å². The van der Waals surface area contributed by atoms with Crippen molar-refractivity contribution >= 4 is 17.7 Å². The van der Waals surface area contributed by atoms with Crippen LogP contribution in [0.3, 0.4) is 0 Å². The van der Waals surface area contributed by atoms with Crippen LogP contribution < -0.4 is 16.0 Å². The van der Waals surface area contributed by atoms with Crippen LogP contribution in [0.4, 0.5) is 0 Å². The Balaban J connectivity index is 1.27. The lowest BCUT2D eigenvalue weighted by Crippen LogP contribution is -2.52. The zero-order chi connectivity index (χ0) is 20.0. The van der Waals surface area contributed by atoms with Crippen LogP contribution in [-0.4, -0.2) is 60.0 Å². The van der Waals surface area contributed by atoms with Crippen molar-refractivity contribution in [1.82, 2.24) is 20.9 Å². The molecule has 4 atom stereocenters. The molecular formula is C21H26N4O4. The van der Waals surface area contributed by atoms with E-state index in [1.54, 1.807) is 4.90 Å². The molecule has 0 aromatic heterocycles. The summed E-state index contributed by atoms with van der Waals surface area (Å²) in [6.45, 7) is 2.79. The van der Waals surface area contributed by atoms with E-state index in [1.807, 2.05) is 18.2 Å². The lowest BCUT2D eigenvalue weighted by Gasteiger charge is -2.29. The highest BCUT2D eigenvalue weighted by atomic mass is 16.5. The number of carbonyl (C=O) groups excluding carboxylic acids is 3. The Kier molecular flexibility index (Phi) is 4.85. The molecule has 1 aromatic carbocycles. The SMILES string of the molecule is O=C1CCC(N2Cc3c(CNC4CC5NCCOC5C4)cccc3C2=O)C(=O)N1. The van der Waals surface area contributed by atoms with Gasteiger partial charge >= 0.3 is 0 Å². The van der Waals surface area contributed by atoms with Gasteiger partial charge in [-0.3, -0.25) is 19.7 Å². The molecule has 3 heterocycles. The monoisotopic (exact) mass is 398 g/mol. The molecule has 1 aromatic rings. The topological polar surface area (TPSA) is 99.8 Å². The fourth-order valence-electron chi connectivity index (χ4n) is 5.09. The highest BCUT2D eigenvalue weighted by molar-refractivity contribution is 6.05. The molecule has 3 amide bonds. The van der Waals surface area contributed by atoms with Crippen LogP contribution in [-0.2, 0) is 27.4 Å². The van der Waals surface area contributed by atoms with Crippen molar-refractivity contribution in [2.24, 2.45) is 0 Å². The first-order valence-electron chi connectivity index (χ1n) is 10.4. The molecule has 4 unspecified atom stereocenters. The van der Waals surface area contributed by atoms with Crippen LogP contribution in [0.2, 0.25) is 0 Å². The molecule has 0 radical (unpaired) electrons. The Bertz CT molecular complexity index is 843. The summed E-state index contributed by atoms with van der Waals surface area (Å²) < 4.78 is 5.86. The molecule has 3 N–H and O–H groups in total. The highest BCUT2D eigenvalue weighted by Crippen LogP contribution is 2.30.